The maximum atomic E-state index is 12.9. The molecule has 130 valence electrons. The van der Waals surface area contributed by atoms with Gasteiger partial charge >= 0.3 is 6.18 Å². The molecule has 1 heterocycles. The molecule has 0 aliphatic carbocycles. The first kappa shape index (κ1) is 18.2. The minimum Gasteiger partial charge on any atom is -0.392 e. The molecule has 3 nitrogen and oxygen atoms in total. The largest absolute Gasteiger partial charge is 0.416 e. The molecule has 0 radical (unpaired) electrons. The lowest BCUT2D eigenvalue weighted by molar-refractivity contribution is -0.137. The van der Waals surface area contributed by atoms with Crippen LogP contribution in [0.3, 0.4) is 0 Å². The second-order valence-electron chi connectivity index (χ2n) is 7.36. The smallest absolute Gasteiger partial charge is 0.392 e. The second-order valence-corrected chi connectivity index (χ2v) is 7.36. The van der Waals surface area contributed by atoms with Crippen LogP contribution in [0.25, 0.3) is 0 Å². The van der Waals surface area contributed by atoms with Crippen LogP contribution in [0.15, 0.2) is 24.3 Å². The lowest BCUT2D eigenvalue weighted by Crippen LogP contribution is -2.39. The maximum Gasteiger partial charge on any atom is 0.416 e. The average molecular weight is 331 g/mol. The van der Waals surface area contributed by atoms with Crippen molar-refractivity contribution in [2.75, 3.05) is 13.1 Å². The zero-order chi connectivity index (χ0) is 17.4. The third-order valence-electron chi connectivity index (χ3n) is 4.39. The fraction of sp³-hybridized carbons (Fsp3) is 0.647. The number of likely N-dealkylation sites (tertiary alicyclic amines) is 1. The minimum absolute atomic E-state index is 0.315. The standard InChI is InChI=1S/C17H24F3NO2/c1-16(2,3)15(23)10-21-9-13(22)8-14(21)11-5-4-6-12(7-11)17(18,19)20/h4-7,13-15,22-23H,8-10H2,1-3H3/t13-,14+,15-/m1/s1. The van der Waals surface area contributed by atoms with Crippen molar-refractivity contribution in [3.63, 3.8) is 0 Å². The first-order chi connectivity index (χ1) is 10.5. The highest BCUT2D eigenvalue weighted by atomic mass is 19.4. The summed E-state index contributed by atoms with van der Waals surface area (Å²) in [5.41, 5.74) is -0.489. The number of hydrogen-bond acceptors (Lipinski definition) is 3. The first-order valence-corrected chi connectivity index (χ1v) is 7.76. The van der Waals surface area contributed by atoms with Crippen molar-refractivity contribution < 1.29 is 23.4 Å². The molecule has 0 saturated carbocycles. The number of aliphatic hydroxyl groups excluding tert-OH is 2. The van der Waals surface area contributed by atoms with Crippen molar-refractivity contribution in [3.8, 4) is 0 Å². The number of hydrogen-bond donors (Lipinski definition) is 2. The summed E-state index contributed by atoms with van der Waals surface area (Å²) in [6, 6.07) is 4.90. The van der Waals surface area contributed by atoms with Crippen molar-refractivity contribution in [2.45, 2.75) is 51.6 Å². The van der Waals surface area contributed by atoms with Gasteiger partial charge in [-0.15, -0.1) is 0 Å². The number of rotatable bonds is 3. The molecule has 0 aromatic heterocycles. The van der Waals surface area contributed by atoms with E-state index in [0.29, 0.717) is 25.1 Å². The van der Waals surface area contributed by atoms with E-state index in [1.807, 2.05) is 25.7 Å². The van der Waals surface area contributed by atoms with E-state index in [0.717, 1.165) is 12.1 Å². The lowest BCUT2D eigenvalue weighted by atomic mass is 9.88. The Morgan fingerprint density at radius 1 is 1.26 bits per heavy atom. The Hall–Kier alpha value is -1.11. The topological polar surface area (TPSA) is 43.7 Å². The van der Waals surface area contributed by atoms with Crippen molar-refractivity contribution in [1.82, 2.24) is 4.90 Å². The lowest BCUT2D eigenvalue weighted by Gasteiger charge is -2.33. The highest BCUT2D eigenvalue weighted by Crippen LogP contribution is 2.37. The van der Waals surface area contributed by atoms with Gasteiger partial charge in [0.1, 0.15) is 0 Å². The van der Waals surface area contributed by atoms with Gasteiger partial charge in [-0.2, -0.15) is 13.2 Å². The minimum atomic E-state index is -4.39. The average Bonchev–Trinajstić information content (AvgIpc) is 2.78. The van der Waals surface area contributed by atoms with Crippen molar-refractivity contribution in [1.29, 1.82) is 0 Å². The normalized spacial score (nSPS) is 24.9. The molecule has 1 aliphatic heterocycles. The van der Waals surface area contributed by atoms with Gasteiger partial charge < -0.3 is 10.2 Å². The highest BCUT2D eigenvalue weighted by molar-refractivity contribution is 5.29. The van der Waals surface area contributed by atoms with Crippen LogP contribution in [0.4, 0.5) is 13.2 Å². The Labute approximate surface area is 134 Å². The molecule has 1 fully saturated rings. The summed E-state index contributed by atoms with van der Waals surface area (Å²) < 4.78 is 38.7. The molecule has 1 aliphatic rings. The van der Waals surface area contributed by atoms with E-state index in [9.17, 15) is 23.4 Å². The molecule has 23 heavy (non-hydrogen) atoms. The van der Waals surface area contributed by atoms with Crippen LogP contribution in [0, 0.1) is 5.41 Å². The summed E-state index contributed by atoms with van der Waals surface area (Å²) >= 11 is 0. The van der Waals surface area contributed by atoms with Crippen LogP contribution in [0.1, 0.15) is 44.4 Å². The predicted molar refractivity (Wildman–Crippen MR) is 81.8 cm³/mol. The van der Waals surface area contributed by atoms with E-state index in [4.69, 9.17) is 0 Å². The van der Waals surface area contributed by atoms with Crippen molar-refractivity contribution in [2.24, 2.45) is 5.41 Å². The van der Waals surface area contributed by atoms with Gasteiger partial charge in [0, 0.05) is 19.1 Å². The Balaban J connectivity index is 2.23. The van der Waals surface area contributed by atoms with E-state index in [1.54, 1.807) is 6.07 Å². The SMILES string of the molecule is CC(C)(C)[C@H](O)CN1C[C@H](O)C[C@H]1c1cccc(C(F)(F)F)c1. The molecule has 1 saturated heterocycles. The maximum absolute atomic E-state index is 12.9. The number of alkyl halides is 3. The van der Waals surface area contributed by atoms with Gasteiger partial charge in [-0.05, 0) is 29.5 Å². The number of β-amino-alcohol motifs (C(OH)–C–C–N with tert-alkyl or cyclic N) is 2. The molecule has 0 bridgehead atoms. The van der Waals surface area contributed by atoms with Crippen LogP contribution in [0.5, 0.6) is 0 Å². The second kappa shape index (κ2) is 6.42. The van der Waals surface area contributed by atoms with Gasteiger partial charge in [-0.25, -0.2) is 0 Å². The summed E-state index contributed by atoms with van der Waals surface area (Å²) in [6.45, 7) is 6.39. The summed E-state index contributed by atoms with van der Waals surface area (Å²) in [5.74, 6) is 0. The van der Waals surface area contributed by atoms with Crippen LogP contribution >= 0.6 is 0 Å². The Kier molecular flexibility index (Phi) is 5.09. The molecular formula is C17H24F3NO2. The van der Waals surface area contributed by atoms with Gasteiger partial charge in [0.15, 0.2) is 0 Å². The van der Waals surface area contributed by atoms with Gasteiger partial charge in [0.25, 0.3) is 0 Å². The Bertz CT molecular complexity index is 539. The Morgan fingerprint density at radius 2 is 1.91 bits per heavy atom. The molecule has 0 unspecified atom stereocenters. The van der Waals surface area contributed by atoms with Crippen molar-refractivity contribution in [3.05, 3.63) is 35.4 Å². The monoisotopic (exact) mass is 331 g/mol. The number of halogens is 3. The van der Waals surface area contributed by atoms with E-state index < -0.39 is 23.9 Å². The van der Waals surface area contributed by atoms with Crippen molar-refractivity contribution >= 4 is 0 Å². The molecule has 3 atom stereocenters. The van der Waals surface area contributed by atoms with Gasteiger partial charge in [-0.3, -0.25) is 4.90 Å². The molecule has 2 N–H and O–H groups in total. The van der Waals surface area contributed by atoms with Crippen LogP contribution < -0.4 is 0 Å². The molecule has 0 amide bonds. The quantitative estimate of drug-likeness (QED) is 0.894. The fourth-order valence-electron chi connectivity index (χ4n) is 2.85. The van der Waals surface area contributed by atoms with Crippen LogP contribution in [-0.4, -0.2) is 40.4 Å². The fourth-order valence-corrected chi connectivity index (χ4v) is 2.85. The summed E-state index contributed by atoms with van der Waals surface area (Å²) in [7, 11) is 0. The number of benzene rings is 1. The number of nitrogens with zero attached hydrogens (tertiary/aromatic N) is 1. The number of aliphatic hydroxyl groups is 2. The molecule has 0 spiro atoms. The molecule has 1 aromatic rings. The highest BCUT2D eigenvalue weighted by Gasteiger charge is 2.37. The van der Waals surface area contributed by atoms with Gasteiger partial charge in [0.2, 0.25) is 0 Å². The molecule has 6 heteroatoms. The molecule has 2 rings (SSSR count). The van der Waals surface area contributed by atoms with E-state index >= 15 is 0 Å². The van der Waals surface area contributed by atoms with E-state index in [2.05, 4.69) is 0 Å². The van der Waals surface area contributed by atoms with Crippen LogP contribution in [-0.2, 0) is 6.18 Å². The van der Waals surface area contributed by atoms with Crippen LogP contribution in [0.2, 0.25) is 0 Å². The van der Waals surface area contributed by atoms with E-state index in [1.165, 1.54) is 6.07 Å². The molecular weight excluding hydrogens is 307 g/mol. The third-order valence-corrected chi connectivity index (χ3v) is 4.39. The zero-order valence-corrected chi connectivity index (χ0v) is 13.6. The predicted octanol–water partition coefficient (Wildman–Crippen LogP) is 3.22. The van der Waals surface area contributed by atoms with Gasteiger partial charge in [0.05, 0.1) is 17.8 Å². The summed E-state index contributed by atoms with van der Waals surface area (Å²) in [6.07, 6.45) is -5.23. The zero-order valence-electron chi connectivity index (χ0n) is 13.6. The van der Waals surface area contributed by atoms with Gasteiger partial charge in [-0.1, -0.05) is 32.9 Å². The summed E-state index contributed by atoms with van der Waals surface area (Å²) in [4.78, 5) is 1.87. The summed E-state index contributed by atoms with van der Waals surface area (Å²) in [5, 5.41) is 20.2. The third kappa shape index (κ3) is 4.46. The Morgan fingerprint density at radius 3 is 2.48 bits per heavy atom. The first-order valence-electron chi connectivity index (χ1n) is 7.76. The van der Waals surface area contributed by atoms with E-state index in [-0.39, 0.29) is 11.5 Å². The molecule has 1 aromatic carbocycles.